The van der Waals surface area contributed by atoms with Gasteiger partial charge < -0.3 is 20.5 Å². The lowest BCUT2D eigenvalue weighted by molar-refractivity contribution is -0.127. The van der Waals surface area contributed by atoms with Crippen molar-refractivity contribution in [3.63, 3.8) is 0 Å². The van der Waals surface area contributed by atoms with Gasteiger partial charge in [-0.05, 0) is 33.2 Å². The Morgan fingerprint density at radius 2 is 2.17 bits per heavy atom. The standard InChI is InChI=1S/C13H26N2O3/c1-4-6-14-11-9-18-8-10(11)12(17)15-13(2,3)5-7-16/h10-11,14,16H,4-9H2,1-3H3,(H,15,17). The van der Waals surface area contributed by atoms with Crippen molar-refractivity contribution in [1.29, 1.82) is 0 Å². The van der Waals surface area contributed by atoms with Crippen LogP contribution >= 0.6 is 0 Å². The third-order valence-corrected chi connectivity index (χ3v) is 3.27. The van der Waals surface area contributed by atoms with Crippen LogP contribution in [-0.2, 0) is 9.53 Å². The highest BCUT2D eigenvalue weighted by atomic mass is 16.5. The molecule has 0 aliphatic carbocycles. The summed E-state index contributed by atoms with van der Waals surface area (Å²) in [7, 11) is 0. The molecule has 1 rings (SSSR count). The number of hydrogen-bond donors (Lipinski definition) is 3. The number of rotatable bonds is 7. The SMILES string of the molecule is CCCNC1COCC1C(=O)NC(C)(C)CCO. The molecule has 0 aromatic carbocycles. The highest BCUT2D eigenvalue weighted by molar-refractivity contribution is 5.80. The van der Waals surface area contributed by atoms with Gasteiger partial charge in [-0.3, -0.25) is 4.79 Å². The van der Waals surface area contributed by atoms with E-state index in [4.69, 9.17) is 9.84 Å². The minimum Gasteiger partial charge on any atom is -0.396 e. The zero-order valence-corrected chi connectivity index (χ0v) is 11.7. The molecule has 0 spiro atoms. The molecule has 0 aromatic heterocycles. The van der Waals surface area contributed by atoms with Crippen molar-refractivity contribution < 1.29 is 14.6 Å². The van der Waals surface area contributed by atoms with E-state index in [1.54, 1.807) is 0 Å². The topological polar surface area (TPSA) is 70.6 Å². The number of ether oxygens (including phenoxy) is 1. The maximum absolute atomic E-state index is 12.2. The summed E-state index contributed by atoms with van der Waals surface area (Å²) in [6, 6.07) is 0.106. The van der Waals surface area contributed by atoms with Gasteiger partial charge in [0.25, 0.3) is 0 Å². The van der Waals surface area contributed by atoms with Crippen molar-refractivity contribution in [1.82, 2.24) is 10.6 Å². The molecular formula is C13H26N2O3. The molecule has 18 heavy (non-hydrogen) atoms. The number of carbonyl (C=O) groups is 1. The molecule has 2 unspecified atom stereocenters. The van der Waals surface area contributed by atoms with Crippen LogP contribution in [0.3, 0.4) is 0 Å². The van der Waals surface area contributed by atoms with Crippen molar-refractivity contribution in [2.24, 2.45) is 5.92 Å². The Kier molecular flexibility index (Phi) is 6.05. The first-order valence-electron chi connectivity index (χ1n) is 6.74. The first-order chi connectivity index (χ1) is 8.50. The molecule has 0 bridgehead atoms. The van der Waals surface area contributed by atoms with E-state index in [9.17, 15) is 4.79 Å². The molecule has 0 saturated carbocycles. The van der Waals surface area contributed by atoms with Crippen LogP contribution in [-0.4, -0.2) is 49.0 Å². The first-order valence-corrected chi connectivity index (χ1v) is 6.74. The van der Waals surface area contributed by atoms with Crippen LogP contribution in [0.5, 0.6) is 0 Å². The van der Waals surface area contributed by atoms with Crippen molar-refractivity contribution in [2.75, 3.05) is 26.4 Å². The molecule has 0 aromatic rings. The van der Waals surface area contributed by atoms with Crippen LogP contribution in [0.2, 0.25) is 0 Å². The van der Waals surface area contributed by atoms with Gasteiger partial charge in [0.2, 0.25) is 5.91 Å². The van der Waals surface area contributed by atoms with E-state index in [0.717, 1.165) is 13.0 Å². The summed E-state index contributed by atoms with van der Waals surface area (Å²) in [4.78, 5) is 12.2. The quantitative estimate of drug-likeness (QED) is 0.613. The van der Waals surface area contributed by atoms with Gasteiger partial charge in [0, 0.05) is 18.2 Å². The number of aliphatic hydroxyl groups is 1. The molecule has 1 amide bonds. The molecule has 106 valence electrons. The smallest absolute Gasteiger partial charge is 0.227 e. The average molecular weight is 258 g/mol. The highest BCUT2D eigenvalue weighted by Gasteiger charge is 2.35. The summed E-state index contributed by atoms with van der Waals surface area (Å²) in [6.45, 7) is 7.99. The van der Waals surface area contributed by atoms with Crippen LogP contribution in [0.1, 0.15) is 33.6 Å². The van der Waals surface area contributed by atoms with Gasteiger partial charge in [-0.25, -0.2) is 0 Å². The molecule has 5 nitrogen and oxygen atoms in total. The molecule has 2 atom stereocenters. The second-order valence-corrected chi connectivity index (χ2v) is 5.55. The van der Waals surface area contributed by atoms with Gasteiger partial charge in [0.15, 0.2) is 0 Å². The van der Waals surface area contributed by atoms with E-state index < -0.39 is 0 Å². The van der Waals surface area contributed by atoms with Crippen LogP contribution in [0.25, 0.3) is 0 Å². The van der Waals surface area contributed by atoms with Crippen LogP contribution in [0, 0.1) is 5.92 Å². The van der Waals surface area contributed by atoms with E-state index in [0.29, 0.717) is 19.6 Å². The van der Waals surface area contributed by atoms with Gasteiger partial charge in [0.1, 0.15) is 0 Å². The second-order valence-electron chi connectivity index (χ2n) is 5.55. The summed E-state index contributed by atoms with van der Waals surface area (Å²) in [5.41, 5.74) is -0.371. The predicted molar refractivity (Wildman–Crippen MR) is 70.3 cm³/mol. The molecule has 1 aliphatic heterocycles. The molecule has 1 saturated heterocycles. The van der Waals surface area contributed by atoms with Crippen molar-refractivity contribution >= 4 is 5.91 Å². The van der Waals surface area contributed by atoms with Gasteiger partial charge >= 0.3 is 0 Å². The van der Waals surface area contributed by atoms with Gasteiger partial charge in [-0.15, -0.1) is 0 Å². The largest absolute Gasteiger partial charge is 0.396 e. The summed E-state index contributed by atoms with van der Waals surface area (Å²) in [5, 5.41) is 15.3. The lowest BCUT2D eigenvalue weighted by atomic mass is 9.97. The lowest BCUT2D eigenvalue weighted by Gasteiger charge is -2.28. The van der Waals surface area contributed by atoms with Crippen LogP contribution in [0.4, 0.5) is 0 Å². The minimum atomic E-state index is -0.371. The third kappa shape index (κ3) is 4.55. The van der Waals surface area contributed by atoms with Crippen molar-refractivity contribution in [3.8, 4) is 0 Å². The maximum atomic E-state index is 12.2. The maximum Gasteiger partial charge on any atom is 0.227 e. The summed E-state index contributed by atoms with van der Waals surface area (Å²) in [5.74, 6) is -0.117. The number of aliphatic hydroxyl groups excluding tert-OH is 1. The normalized spacial score (nSPS) is 24.2. The summed E-state index contributed by atoms with van der Waals surface area (Å²) < 4.78 is 5.39. The van der Waals surface area contributed by atoms with Gasteiger partial charge in [-0.2, -0.15) is 0 Å². The molecule has 1 aliphatic rings. The number of carbonyl (C=O) groups excluding carboxylic acids is 1. The Balaban J connectivity index is 2.49. The molecule has 5 heteroatoms. The third-order valence-electron chi connectivity index (χ3n) is 3.27. The first kappa shape index (κ1) is 15.4. The van der Waals surface area contributed by atoms with Crippen molar-refractivity contribution in [2.45, 2.75) is 45.2 Å². The number of nitrogens with one attached hydrogen (secondary N) is 2. The number of amides is 1. The van der Waals surface area contributed by atoms with E-state index in [2.05, 4.69) is 17.6 Å². The Labute approximate surface area is 109 Å². The lowest BCUT2D eigenvalue weighted by Crippen LogP contribution is -2.51. The molecule has 3 N–H and O–H groups in total. The van der Waals surface area contributed by atoms with E-state index >= 15 is 0 Å². The zero-order valence-electron chi connectivity index (χ0n) is 11.7. The van der Waals surface area contributed by atoms with Gasteiger partial charge in [-0.1, -0.05) is 6.92 Å². The van der Waals surface area contributed by atoms with E-state index in [1.165, 1.54) is 0 Å². The van der Waals surface area contributed by atoms with E-state index in [1.807, 2.05) is 13.8 Å². The van der Waals surface area contributed by atoms with Gasteiger partial charge in [0.05, 0.1) is 19.1 Å². The highest BCUT2D eigenvalue weighted by Crippen LogP contribution is 2.16. The van der Waals surface area contributed by atoms with Crippen molar-refractivity contribution in [3.05, 3.63) is 0 Å². The summed E-state index contributed by atoms with van der Waals surface area (Å²) in [6.07, 6.45) is 1.60. The number of hydrogen-bond acceptors (Lipinski definition) is 4. The van der Waals surface area contributed by atoms with E-state index in [-0.39, 0.29) is 30.0 Å². The fourth-order valence-corrected chi connectivity index (χ4v) is 2.11. The second kappa shape index (κ2) is 7.07. The van der Waals surface area contributed by atoms with Crippen LogP contribution in [0.15, 0.2) is 0 Å². The monoisotopic (exact) mass is 258 g/mol. The Bertz CT molecular complexity index is 269. The fraction of sp³-hybridized carbons (Fsp3) is 0.923. The molecule has 0 radical (unpaired) electrons. The average Bonchev–Trinajstić information content (AvgIpc) is 2.73. The Morgan fingerprint density at radius 3 is 2.78 bits per heavy atom. The minimum absolute atomic E-state index is 0.0135. The Morgan fingerprint density at radius 1 is 1.44 bits per heavy atom. The fourth-order valence-electron chi connectivity index (χ4n) is 2.11. The predicted octanol–water partition coefficient (Wildman–Crippen LogP) is 0.278. The Hall–Kier alpha value is -0.650. The molecule has 1 heterocycles. The summed E-state index contributed by atoms with van der Waals surface area (Å²) >= 11 is 0. The molecule has 1 fully saturated rings. The molecular weight excluding hydrogens is 232 g/mol. The van der Waals surface area contributed by atoms with Crippen LogP contribution < -0.4 is 10.6 Å². The zero-order chi connectivity index (χ0) is 13.6.